The van der Waals surface area contributed by atoms with E-state index >= 15 is 0 Å². The van der Waals surface area contributed by atoms with Gasteiger partial charge in [-0.3, -0.25) is 4.79 Å². The molecule has 0 aliphatic carbocycles. The van der Waals surface area contributed by atoms with Crippen LogP contribution in [0.25, 0.3) is 0 Å². The highest BCUT2D eigenvalue weighted by atomic mass is 16.6. The highest BCUT2D eigenvalue weighted by Crippen LogP contribution is 2.44. The zero-order valence-corrected chi connectivity index (χ0v) is 15.8. The van der Waals surface area contributed by atoms with Crippen LogP contribution in [0.3, 0.4) is 0 Å². The van der Waals surface area contributed by atoms with E-state index in [1.54, 1.807) is 19.1 Å². The van der Waals surface area contributed by atoms with Crippen molar-refractivity contribution in [3.63, 3.8) is 0 Å². The van der Waals surface area contributed by atoms with Gasteiger partial charge in [0.05, 0.1) is 13.2 Å². The summed E-state index contributed by atoms with van der Waals surface area (Å²) < 4.78 is 10.3. The zero-order valence-electron chi connectivity index (χ0n) is 15.8. The lowest BCUT2D eigenvalue weighted by molar-refractivity contribution is -0.203. The third kappa shape index (κ3) is 3.25. The Morgan fingerprint density at radius 1 is 0.962 bits per heavy atom. The van der Waals surface area contributed by atoms with Crippen LogP contribution in [0.1, 0.15) is 51.2 Å². The van der Waals surface area contributed by atoms with Crippen LogP contribution in [-0.2, 0) is 19.8 Å². The molecule has 1 heterocycles. The van der Waals surface area contributed by atoms with Crippen LogP contribution in [0.2, 0.25) is 0 Å². The Hall–Kier alpha value is -2.57. The Morgan fingerprint density at radius 2 is 1.50 bits per heavy atom. The van der Waals surface area contributed by atoms with E-state index < -0.39 is 23.6 Å². The average molecular weight is 362 g/mol. The second kappa shape index (κ2) is 8.21. The van der Waals surface area contributed by atoms with Gasteiger partial charge in [0.15, 0.2) is 5.54 Å². The van der Waals surface area contributed by atoms with Crippen molar-refractivity contribution >= 4 is 18.1 Å². The molecule has 0 aromatic heterocycles. The molecule has 1 aliphatic heterocycles. The van der Waals surface area contributed by atoms with E-state index in [0.717, 1.165) is 15.6 Å². The minimum absolute atomic E-state index is 0.171. The lowest BCUT2D eigenvalue weighted by atomic mass is 9.81. The second-order valence-electron chi connectivity index (χ2n) is 6.24. The van der Waals surface area contributed by atoms with Gasteiger partial charge in [-0.1, -0.05) is 50.6 Å². The molecule has 0 radical (unpaired) electrons. The SMILES string of the molecule is CCCOC(=O)N1C(=O)[C@](CC)(c2ccc(C)cc2)N1C(=O)OCCC. The van der Waals surface area contributed by atoms with E-state index in [1.807, 2.05) is 32.9 Å². The summed E-state index contributed by atoms with van der Waals surface area (Å²) in [4.78, 5) is 37.9. The fourth-order valence-electron chi connectivity index (χ4n) is 2.97. The topological polar surface area (TPSA) is 76.2 Å². The quantitative estimate of drug-likeness (QED) is 0.770. The molecule has 26 heavy (non-hydrogen) atoms. The largest absolute Gasteiger partial charge is 0.448 e. The van der Waals surface area contributed by atoms with Crippen molar-refractivity contribution in [2.24, 2.45) is 0 Å². The first-order valence-corrected chi connectivity index (χ1v) is 8.99. The van der Waals surface area contributed by atoms with Crippen molar-refractivity contribution in [1.82, 2.24) is 10.0 Å². The molecule has 2 rings (SSSR count). The summed E-state index contributed by atoms with van der Waals surface area (Å²) in [6.07, 6.45) is -0.0281. The summed E-state index contributed by atoms with van der Waals surface area (Å²) in [7, 11) is 0. The molecule has 3 amide bonds. The predicted octanol–water partition coefficient (Wildman–Crippen LogP) is 3.75. The van der Waals surface area contributed by atoms with Crippen molar-refractivity contribution in [2.45, 2.75) is 52.5 Å². The molecule has 1 aromatic rings. The number of carbonyl (C=O) groups is 3. The Morgan fingerprint density at radius 3 is 2.00 bits per heavy atom. The molecule has 7 nitrogen and oxygen atoms in total. The van der Waals surface area contributed by atoms with Crippen molar-refractivity contribution in [3.8, 4) is 0 Å². The Kier molecular flexibility index (Phi) is 6.23. The number of hydrogen-bond acceptors (Lipinski definition) is 5. The van der Waals surface area contributed by atoms with Gasteiger partial charge in [0.25, 0.3) is 5.91 Å². The molecule has 0 bridgehead atoms. The summed E-state index contributed by atoms with van der Waals surface area (Å²) in [6, 6.07) is 7.33. The van der Waals surface area contributed by atoms with Crippen molar-refractivity contribution < 1.29 is 23.9 Å². The van der Waals surface area contributed by atoms with Crippen LogP contribution in [0.5, 0.6) is 0 Å². The predicted molar refractivity (Wildman–Crippen MR) is 95.1 cm³/mol. The first-order valence-electron chi connectivity index (χ1n) is 8.99. The van der Waals surface area contributed by atoms with E-state index in [4.69, 9.17) is 9.47 Å². The molecular weight excluding hydrogens is 336 g/mol. The van der Waals surface area contributed by atoms with Gasteiger partial charge in [0, 0.05) is 0 Å². The highest BCUT2D eigenvalue weighted by Gasteiger charge is 2.65. The lowest BCUT2D eigenvalue weighted by Gasteiger charge is -2.54. The number of nitrogens with zero attached hydrogens (tertiary/aromatic N) is 2. The smallest absolute Gasteiger partial charge is 0.436 e. The monoisotopic (exact) mass is 362 g/mol. The summed E-state index contributed by atoms with van der Waals surface area (Å²) >= 11 is 0. The van der Waals surface area contributed by atoms with Crippen molar-refractivity contribution in [2.75, 3.05) is 13.2 Å². The van der Waals surface area contributed by atoms with Crippen LogP contribution in [0.4, 0.5) is 9.59 Å². The first-order chi connectivity index (χ1) is 12.4. The van der Waals surface area contributed by atoms with Crippen molar-refractivity contribution in [3.05, 3.63) is 35.4 Å². The fraction of sp³-hybridized carbons (Fsp3) is 0.526. The number of aryl methyl sites for hydroxylation is 1. The van der Waals surface area contributed by atoms with Crippen LogP contribution in [0.15, 0.2) is 24.3 Å². The highest BCUT2D eigenvalue weighted by molar-refractivity contribution is 6.06. The molecule has 1 saturated heterocycles. The van der Waals surface area contributed by atoms with Gasteiger partial charge in [-0.15, -0.1) is 5.01 Å². The van der Waals surface area contributed by atoms with Gasteiger partial charge in [0.1, 0.15) is 0 Å². The average Bonchev–Trinajstić information content (AvgIpc) is 2.64. The Labute approximate surface area is 153 Å². The van der Waals surface area contributed by atoms with E-state index in [-0.39, 0.29) is 13.2 Å². The van der Waals surface area contributed by atoms with Crippen LogP contribution < -0.4 is 0 Å². The van der Waals surface area contributed by atoms with E-state index in [1.165, 1.54) is 0 Å². The number of carbonyl (C=O) groups excluding carboxylic acids is 3. The number of imide groups is 1. The van der Waals surface area contributed by atoms with Crippen molar-refractivity contribution in [1.29, 1.82) is 0 Å². The number of rotatable bonds is 6. The number of amides is 3. The molecule has 0 unspecified atom stereocenters. The summed E-state index contributed by atoms with van der Waals surface area (Å²) in [5, 5.41) is 1.84. The van der Waals surface area contributed by atoms with Crippen LogP contribution in [-0.4, -0.2) is 41.3 Å². The molecule has 1 fully saturated rings. The summed E-state index contributed by atoms with van der Waals surface area (Å²) in [5.41, 5.74) is 0.415. The fourth-order valence-corrected chi connectivity index (χ4v) is 2.97. The third-order valence-corrected chi connectivity index (χ3v) is 4.35. The first kappa shape index (κ1) is 19.8. The zero-order chi connectivity index (χ0) is 19.3. The standard InChI is InChI=1S/C19H26N2O5/c1-5-12-25-17(23)20-16(22)19(7-3,15-10-8-14(4)9-11-15)21(20)18(24)26-13-6-2/h8-11H,5-7,12-13H2,1-4H3/t19-/m0/s1. The Bertz CT molecular complexity index is 673. The number of ether oxygens (including phenoxy) is 2. The Balaban J connectivity index is 2.41. The molecule has 142 valence electrons. The van der Waals surface area contributed by atoms with Crippen LogP contribution in [0, 0.1) is 6.92 Å². The maximum Gasteiger partial charge on any atom is 0.436 e. The minimum Gasteiger partial charge on any atom is -0.448 e. The van der Waals surface area contributed by atoms with Crippen LogP contribution >= 0.6 is 0 Å². The van der Waals surface area contributed by atoms with E-state index in [9.17, 15) is 14.4 Å². The minimum atomic E-state index is -1.26. The normalized spacial score (nSPS) is 19.2. The maximum absolute atomic E-state index is 13.0. The number of hydrazine groups is 1. The number of hydrogen-bond donors (Lipinski definition) is 0. The lowest BCUT2D eigenvalue weighted by Crippen LogP contribution is -2.77. The van der Waals surface area contributed by atoms with Gasteiger partial charge < -0.3 is 9.47 Å². The van der Waals surface area contributed by atoms with E-state index in [2.05, 4.69) is 0 Å². The maximum atomic E-state index is 13.0. The number of benzene rings is 1. The van der Waals surface area contributed by atoms with E-state index in [0.29, 0.717) is 24.8 Å². The molecule has 7 heteroatoms. The van der Waals surface area contributed by atoms with Gasteiger partial charge in [-0.05, 0) is 31.7 Å². The van der Waals surface area contributed by atoms with Gasteiger partial charge in [-0.25, -0.2) is 9.59 Å². The van der Waals surface area contributed by atoms with Gasteiger partial charge in [-0.2, -0.15) is 5.01 Å². The van der Waals surface area contributed by atoms with Gasteiger partial charge >= 0.3 is 12.2 Å². The molecule has 0 saturated carbocycles. The molecule has 0 N–H and O–H groups in total. The molecule has 1 aromatic carbocycles. The molecule has 1 atom stereocenters. The van der Waals surface area contributed by atoms with Gasteiger partial charge in [0.2, 0.25) is 0 Å². The second-order valence-corrected chi connectivity index (χ2v) is 6.24. The molecule has 0 spiro atoms. The molecular formula is C19H26N2O5. The summed E-state index contributed by atoms with van der Waals surface area (Å²) in [6.45, 7) is 7.83. The third-order valence-electron chi connectivity index (χ3n) is 4.35. The molecule has 1 aliphatic rings. The summed E-state index contributed by atoms with van der Waals surface area (Å²) in [5.74, 6) is -0.488.